The Labute approximate surface area is 189 Å². The Morgan fingerprint density at radius 2 is 1.69 bits per heavy atom. The Kier molecular flexibility index (Phi) is 6.88. The molecule has 4 rings (SSSR count). The highest BCUT2D eigenvalue weighted by atomic mass is 16.2. The molecule has 3 amide bonds. The van der Waals surface area contributed by atoms with Crippen LogP contribution in [0.2, 0.25) is 0 Å². The number of carbonyl (C=O) groups excluding carboxylic acids is 3. The molecular formula is C26H31N3O3. The maximum absolute atomic E-state index is 13.4. The summed E-state index contributed by atoms with van der Waals surface area (Å²) in [4.78, 5) is 40.7. The summed E-state index contributed by atoms with van der Waals surface area (Å²) in [5.41, 5.74) is 3.97. The molecule has 2 N–H and O–H groups in total. The van der Waals surface area contributed by atoms with Gasteiger partial charge in [0.25, 0.3) is 0 Å². The van der Waals surface area contributed by atoms with Gasteiger partial charge in [0.1, 0.15) is 0 Å². The van der Waals surface area contributed by atoms with Crippen molar-refractivity contribution in [2.45, 2.75) is 45.4 Å². The van der Waals surface area contributed by atoms with E-state index in [9.17, 15) is 14.4 Å². The number of carbonyl (C=O) groups is 3. The topological polar surface area (TPSA) is 78.5 Å². The van der Waals surface area contributed by atoms with Crippen LogP contribution in [0.25, 0.3) is 0 Å². The van der Waals surface area contributed by atoms with E-state index in [1.165, 1.54) is 5.56 Å². The van der Waals surface area contributed by atoms with Gasteiger partial charge in [0.2, 0.25) is 17.7 Å². The van der Waals surface area contributed by atoms with Crippen molar-refractivity contribution in [3.8, 4) is 0 Å². The Morgan fingerprint density at radius 1 is 0.969 bits per heavy atom. The summed E-state index contributed by atoms with van der Waals surface area (Å²) in [5.74, 6) is -1.14. The summed E-state index contributed by atoms with van der Waals surface area (Å²) in [5, 5.41) is 5.66. The third-order valence-corrected chi connectivity index (χ3v) is 6.67. The van der Waals surface area contributed by atoms with Gasteiger partial charge in [-0.2, -0.15) is 0 Å². The van der Waals surface area contributed by atoms with Crippen molar-refractivity contribution in [1.82, 2.24) is 5.32 Å². The second kappa shape index (κ2) is 9.98. The molecule has 0 aromatic heterocycles. The van der Waals surface area contributed by atoms with E-state index in [-0.39, 0.29) is 36.1 Å². The first-order valence-electron chi connectivity index (χ1n) is 11.6. The van der Waals surface area contributed by atoms with Gasteiger partial charge in [-0.15, -0.1) is 0 Å². The average Bonchev–Trinajstić information content (AvgIpc) is 3.26. The number of nitrogens with zero attached hydrogens (tertiary/aromatic N) is 1. The number of hydrogen-bond acceptors (Lipinski definition) is 3. The van der Waals surface area contributed by atoms with Gasteiger partial charge in [0.15, 0.2) is 0 Å². The monoisotopic (exact) mass is 433 g/mol. The van der Waals surface area contributed by atoms with Crippen LogP contribution in [0.15, 0.2) is 48.5 Å². The Bertz CT molecular complexity index is 1000. The lowest BCUT2D eigenvalue weighted by Crippen LogP contribution is -2.46. The summed E-state index contributed by atoms with van der Waals surface area (Å²) >= 11 is 0. The highest BCUT2D eigenvalue weighted by Crippen LogP contribution is 2.35. The first kappa shape index (κ1) is 22.1. The summed E-state index contributed by atoms with van der Waals surface area (Å²) in [6, 6.07) is 15.6. The van der Waals surface area contributed by atoms with E-state index in [0.717, 1.165) is 42.6 Å². The van der Waals surface area contributed by atoms with E-state index < -0.39 is 0 Å². The minimum absolute atomic E-state index is 0.0381. The summed E-state index contributed by atoms with van der Waals surface area (Å²) in [6.07, 6.45) is 4.93. The van der Waals surface area contributed by atoms with Crippen molar-refractivity contribution in [2.75, 3.05) is 23.3 Å². The molecule has 1 heterocycles. The zero-order valence-electron chi connectivity index (χ0n) is 18.6. The molecule has 1 fully saturated rings. The average molecular weight is 434 g/mol. The summed E-state index contributed by atoms with van der Waals surface area (Å²) in [7, 11) is 0. The number of hydrogen-bond donors (Lipinski definition) is 2. The zero-order chi connectivity index (χ0) is 22.5. The number of rotatable bonds is 6. The molecule has 1 saturated carbocycles. The normalized spacial score (nSPS) is 19.8. The van der Waals surface area contributed by atoms with Gasteiger partial charge >= 0.3 is 0 Å². The van der Waals surface area contributed by atoms with Gasteiger partial charge in [-0.3, -0.25) is 14.4 Å². The molecule has 6 nitrogen and oxygen atoms in total. The smallest absolute Gasteiger partial charge is 0.243 e. The molecular weight excluding hydrogens is 402 g/mol. The van der Waals surface area contributed by atoms with Gasteiger partial charge in [0, 0.05) is 23.8 Å². The second-order valence-corrected chi connectivity index (χ2v) is 8.64. The van der Waals surface area contributed by atoms with E-state index in [1.807, 2.05) is 54.3 Å². The van der Waals surface area contributed by atoms with E-state index >= 15 is 0 Å². The van der Waals surface area contributed by atoms with Crippen LogP contribution in [0.3, 0.4) is 0 Å². The fraction of sp³-hybridized carbons (Fsp3) is 0.423. The lowest BCUT2D eigenvalue weighted by molar-refractivity contribution is -0.135. The molecule has 2 aliphatic rings. The van der Waals surface area contributed by atoms with Gasteiger partial charge < -0.3 is 15.5 Å². The van der Waals surface area contributed by atoms with Gasteiger partial charge in [-0.25, -0.2) is 0 Å². The quantitative estimate of drug-likeness (QED) is 0.729. The molecule has 2 aromatic carbocycles. The van der Waals surface area contributed by atoms with Gasteiger partial charge in [0.05, 0.1) is 12.5 Å². The third kappa shape index (κ3) is 4.69. The molecule has 1 aliphatic carbocycles. The number of para-hydroxylation sites is 2. The maximum atomic E-state index is 13.4. The first-order valence-corrected chi connectivity index (χ1v) is 11.6. The first-order chi connectivity index (χ1) is 15.6. The van der Waals surface area contributed by atoms with Crippen molar-refractivity contribution in [3.63, 3.8) is 0 Å². The molecule has 0 bridgehead atoms. The lowest BCUT2D eigenvalue weighted by atomic mass is 9.77. The molecule has 6 heteroatoms. The Balaban J connectivity index is 1.38. The minimum Gasteiger partial charge on any atom is -0.347 e. The maximum Gasteiger partial charge on any atom is 0.243 e. The predicted molar refractivity (Wildman–Crippen MR) is 125 cm³/mol. The standard InChI is InChI=1S/C26H31N3O3/c1-2-18-9-3-7-13-22(18)28-24(30)17-27-25(31)20-11-5-6-12-21(20)26(32)29-16-15-19-10-4-8-14-23(19)29/h3-4,7-10,13-14,20-21H,2,5-6,11-12,15-17H2,1H3,(H,27,31)(H,28,30). The van der Waals surface area contributed by atoms with Crippen molar-refractivity contribution < 1.29 is 14.4 Å². The molecule has 0 spiro atoms. The van der Waals surface area contributed by atoms with Crippen LogP contribution in [-0.4, -0.2) is 30.8 Å². The molecule has 2 unspecified atom stereocenters. The van der Waals surface area contributed by atoms with E-state index in [0.29, 0.717) is 19.4 Å². The lowest BCUT2D eigenvalue weighted by Gasteiger charge is -2.32. The largest absolute Gasteiger partial charge is 0.347 e. The number of nitrogens with one attached hydrogen (secondary N) is 2. The molecule has 2 aromatic rings. The van der Waals surface area contributed by atoms with Crippen LogP contribution >= 0.6 is 0 Å². The van der Waals surface area contributed by atoms with Gasteiger partial charge in [-0.1, -0.05) is 56.2 Å². The fourth-order valence-corrected chi connectivity index (χ4v) is 4.95. The Hall–Kier alpha value is -3.15. The van der Waals surface area contributed by atoms with Crippen LogP contribution in [0.1, 0.15) is 43.7 Å². The molecule has 32 heavy (non-hydrogen) atoms. The number of fused-ring (bicyclic) bond motifs is 1. The number of benzene rings is 2. The van der Waals surface area contributed by atoms with Crippen LogP contribution in [0.4, 0.5) is 11.4 Å². The van der Waals surface area contributed by atoms with E-state index in [2.05, 4.69) is 16.7 Å². The zero-order valence-corrected chi connectivity index (χ0v) is 18.6. The Morgan fingerprint density at radius 3 is 2.50 bits per heavy atom. The number of amides is 3. The molecule has 2 atom stereocenters. The minimum atomic E-state index is -0.389. The van der Waals surface area contributed by atoms with Crippen molar-refractivity contribution in [3.05, 3.63) is 59.7 Å². The van der Waals surface area contributed by atoms with Crippen LogP contribution < -0.4 is 15.5 Å². The van der Waals surface area contributed by atoms with Gasteiger partial charge in [-0.05, 0) is 48.9 Å². The summed E-state index contributed by atoms with van der Waals surface area (Å²) in [6.45, 7) is 2.61. The van der Waals surface area contributed by atoms with Crippen molar-refractivity contribution in [1.29, 1.82) is 0 Å². The molecule has 168 valence electrons. The van der Waals surface area contributed by atoms with Crippen LogP contribution in [-0.2, 0) is 27.2 Å². The highest BCUT2D eigenvalue weighted by molar-refractivity contribution is 6.00. The molecule has 1 aliphatic heterocycles. The van der Waals surface area contributed by atoms with Crippen LogP contribution in [0.5, 0.6) is 0 Å². The van der Waals surface area contributed by atoms with E-state index in [4.69, 9.17) is 0 Å². The van der Waals surface area contributed by atoms with Crippen molar-refractivity contribution in [2.24, 2.45) is 11.8 Å². The van der Waals surface area contributed by atoms with E-state index in [1.54, 1.807) is 0 Å². The number of anilines is 2. The molecule has 0 saturated heterocycles. The highest BCUT2D eigenvalue weighted by Gasteiger charge is 2.39. The SMILES string of the molecule is CCc1ccccc1NC(=O)CNC(=O)C1CCCCC1C(=O)N1CCc2ccccc21. The predicted octanol–water partition coefficient (Wildman–Crippen LogP) is 3.70. The third-order valence-electron chi connectivity index (χ3n) is 6.67. The second-order valence-electron chi connectivity index (χ2n) is 8.64. The summed E-state index contributed by atoms with van der Waals surface area (Å²) < 4.78 is 0. The molecule has 0 radical (unpaired) electrons. The van der Waals surface area contributed by atoms with Crippen LogP contribution in [0, 0.1) is 11.8 Å². The fourth-order valence-electron chi connectivity index (χ4n) is 4.95. The van der Waals surface area contributed by atoms with Crippen molar-refractivity contribution >= 4 is 29.1 Å². The number of aryl methyl sites for hydroxylation is 1.